The van der Waals surface area contributed by atoms with E-state index in [2.05, 4.69) is 5.32 Å². The number of ether oxygens (including phenoxy) is 1. The van der Waals surface area contributed by atoms with Crippen molar-refractivity contribution in [2.45, 2.75) is 57.4 Å². The predicted octanol–water partition coefficient (Wildman–Crippen LogP) is 3.89. The van der Waals surface area contributed by atoms with Crippen LogP contribution in [0.15, 0.2) is 24.3 Å². The van der Waals surface area contributed by atoms with E-state index in [-0.39, 0.29) is 19.1 Å². The highest BCUT2D eigenvalue weighted by molar-refractivity contribution is 5.97. The highest BCUT2D eigenvalue weighted by Gasteiger charge is 2.40. The number of anilines is 1. The van der Waals surface area contributed by atoms with Crippen LogP contribution in [0.1, 0.15) is 44.1 Å². The summed E-state index contributed by atoms with van der Waals surface area (Å²) < 4.78 is 43.4. The molecule has 2 amide bonds. The van der Waals surface area contributed by atoms with Crippen molar-refractivity contribution >= 4 is 17.5 Å². The van der Waals surface area contributed by atoms with Crippen LogP contribution in [-0.4, -0.2) is 42.1 Å². The Hall–Kier alpha value is -2.09. The molecule has 0 spiro atoms. The summed E-state index contributed by atoms with van der Waals surface area (Å²) in [5.41, 5.74) is 1.47. The molecule has 1 atom stereocenters. The second kappa shape index (κ2) is 8.94. The summed E-state index contributed by atoms with van der Waals surface area (Å²) in [5.74, 6) is -1.87. The zero-order chi connectivity index (χ0) is 20.1. The molecular formula is C20H25F3N2O3. The van der Waals surface area contributed by atoms with Crippen molar-refractivity contribution in [1.29, 1.82) is 0 Å². The van der Waals surface area contributed by atoms with Crippen LogP contribution >= 0.6 is 0 Å². The van der Waals surface area contributed by atoms with Crippen molar-refractivity contribution < 1.29 is 27.5 Å². The smallest absolute Gasteiger partial charge is 0.374 e. The average Bonchev–Trinajstić information content (AvgIpc) is 3.00. The predicted molar refractivity (Wildman–Crippen MR) is 97.5 cm³/mol. The maximum atomic E-state index is 12.5. The van der Waals surface area contributed by atoms with Gasteiger partial charge in [-0.3, -0.25) is 9.59 Å². The van der Waals surface area contributed by atoms with E-state index in [0.717, 1.165) is 18.4 Å². The lowest BCUT2D eigenvalue weighted by atomic mass is 9.98. The van der Waals surface area contributed by atoms with Crippen molar-refractivity contribution in [2.75, 3.05) is 18.4 Å². The van der Waals surface area contributed by atoms with Gasteiger partial charge in [-0.05, 0) is 30.5 Å². The Kier molecular flexibility index (Phi) is 6.59. The number of likely N-dealkylation sites (tertiary alicyclic amines) is 1. The van der Waals surface area contributed by atoms with Gasteiger partial charge in [-0.15, -0.1) is 0 Å². The second-order valence-corrected chi connectivity index (χ2v) is 7.55. The summed E-state index contributed by atoms with van der Waals surface area (Å²) in [4.78, 5) is 24.8. The highest BCUT2D eigenvalue weighted by Crippen LogP contribution is 2.25. The Bertz CT molecular complexity index is 702. The van der Waals surface area contributed by atoms with Crippen LogP contribution < -0.4 is 5.32 Å². The Morgan fingerprint density at radius 2 is 1.96 bits per heavy atom. The molecule has 8 heteroatoms. The number of benzene rings is 1. The first kappa shape index (κ1) is 20.6. The van der Waals surface area contributed by atoms with Gasteiger partial charge in [0.05, 0.1) is 18.6 Å². The topological polar surface area (TPSA) is 58.6 Å². The summed E-state index contributed by atoms with van der Waals surface area (Å²) in [7, 11) is 0. The van der Waals surface area contributed by atoms with Crippen LogP contribution in [0, 0.1) is 5.92 Å². The van der Waals surface area contributed by atoms with Crippen LogP contribution in [0.3, 0.4) is 0 Å². The van der Waals surface area contributed by atoms with Crippen molar-refractivity contribution in [3.05, 3.63) is 29.8 Å². The molecule has 1 unspecified atom stereocenters. The molecule has 5 nitrogen and oxygen atoms in total. The molecular weight excluding hydrogens is 373 g/mol. The normalized spacial score (nSPS) is 21.2. The lowest BCUT2D eigenvalue weighted by Gasteiger charge is -2.22. The Morgan fingerprint density at radius 3 is 2.68 bits per heavy atom. The number of hydrogen-bond donors (Lipinski definition) is 1. The number of carbonyl (C=O) groups is 2. The number of amides is 2. The summed E-state index contributed by atoms with van der Waals surface area (Å²) in [6.07, 6.45) is 1.38. The minimum absolute atomic E-state index is 0.202. The fourth-order valence-electron chi connectivity index (χ4n) is 3.75. The lowest BCUT2D eigenvalue weighted by Crippen LogP contribution is -2.36. The molecule has 1 aliphatic heterocycles. The molecule has 1 aliphatic carbocycles. The molecule has 1 heterocycles. The van der Waals surface area contributed by atoms with E-state index >= 15 is 0 Å². The minimum Gasteiger partial charge on any atom is -0.374 e. The van der Waals surface area contributed by atoms with Crippen LogP contribution in [-0.2, 0) is 20.9 Å². The first-order valence-electron chi connectivity index (χ1n) is 9.66. The van der Waals surface area contributed by atoms with Gasteiger partial charge < -0.3 is 15.0 Å². The molecule has 1 saturated carbocycles. The average molecular weight is 398 g/mol. The van der Waals surface area contributed by atoms with E-state index in [4.69, 9.17) is 4.74 Å². The molecule has 3 rings (SSSR count). The Balaban J connectivity index is 1.52. The Morgan fingerprint density at radius 1 is 1.21 bits per heavy atom. The number of halogens is 3. The zero-order valence-electron chi connectivity index (χ0n) is 15.6. The van der Waals surface area contributed by atoms with Crippen LogP contribution in [0.2, 0.25) is 0 Å². The van der Waals surface area contributed by atoms with Crippen molar-refractivity contribution in [3.63, 3.8) is 0 Å². The third-order valence-electron chi connectivity index (χ3n) is 5.19. The molecule has 0 bridgehead atoms. The van der Waals surface area contributed by atoms with Crippen molar-refractivity contribution in [1.82, 2.24) is 4.90 Å². The van der Waals surface area contributed by atoms with Gasteiger partial charge in [0.25, 0.3) is 0 Å². The van der Waals surface area contributed by atoms with Gasteiger partial charge in [0.2, 0.25) is 11.8 Å². The molecule has 2 aliphatic rings. The van der Waals surface area contributed by atoms with Gasteiger partial charge in [-0.25, -0.2) is 0 Å². The van der Waals surface area contributed by atoms with Crippen molar-refractivity contribution in [2.24, 2.45) is 5.92 Å². The number of carbonyl (C=O) groups excluding carboxylic acids is 2. The molecule has 154 valence electrons. The van der Waals surface area contributed by atoms with Gasteiger partial charge in [-0.2, -0.15) is 13.2 Å². The summed E-state index contributed by atoms with van der Waals surface area (Å²) in [6, 6.07) is 7.21. The third-order valence-corrected chi connectivity index (χ3v) is 5.19. The molecule has 1 N–H and O–H groups in total. The van der Waals surface area contributed by atoms with Crippen molar-refractivity contribution in [3.8, 4) is 0 Å². The molecule has 2 fully saturated rings. The Labute approximate surface area is 162 Å². The van der Waals surface area contributed by atoms with Crippen LogP contribution in [0.25, 0.3) is 0 Å². The maximum Gasteiger partial charge on any atom is 0.406 e. The molecule has 0 radical (unpaired) electrons. The second-order valence-electron chi connectivity index (χ2n) is 7.55. The summed E-state index contributed by atoms with van der Waals surface area (Å²) >= 11 is 0. The first-order chi connectivity index (χ1) is 13.3. The van der Waals surface area contributed by atoms with E-state index in [1.807, 2.05) is 6.07 Å². The van der Waals surface area contributed by atoms with E-state index < -0.39 is 30.5 Å². The van der Waals surface area contributed by atoms with Gasteiger partial charge in [0.15, 0.2) is 0 Å². The van der Waals surface area contributed by atoms with Crippen LogP contribution in [0.4, 0.5) is 18.9 Å². The van der Waals surface area contributed by atoms with E-state index in [0.29, 0.717) is 17.2 Å². The SMILES string of the molecule is O=C(Nc1cccc(COC2CCCCC2)c1)C1CC(=O)N(CC(F)(F)F)C1. The number of alkyl halides is 3. The number of rotatable bonds is 6. The molecule has 0 aromatic heterocycles. The minimum atomic E-state index is -4.46. The van der Waals surface area contributed by atoms with E-state index in [1.54, 1.807) is 18.2 Å². The standard InChI is InChI=1S/C20H25F3N2O3/c21-20(22,23)13-25-11-15(10-18(25)26)19(27)24-16-6-4-5-14(9-16)12-28-17-7-2-1-3-8-17/h4-6,9,15,17H,1-3,7-8,10-13H2,(H,24,27). The van der Waals surface area contributed by atoms with Gasteiger partial charge in [0.1, 0.15) is 6.54 Å². The largest absolute Gasteiger partial charge is 0.406 e. The summed E-state index contributed by atoms with van der Waals surface area (Å²) in [6.45, 7) is -1.08. The quantitative estimate of drug-likeness (QED) is 0.791. The number of nitrogens with one attached hydrogen (secondary N) is 1. The first-order valence-corrected chi connectivity index (χ1v) is 9.66. The molecule has 1 aromatic rings. The number of nitrogens with zero attached hydrogens (tertiary/aromatic N) is 1. The number of hydrogen-bond acceptors (Lipinski definition) is 3. The van der Waals surface area contributed by atoms with Crippen LogP contribution in [0.5, 0.6) is 0 Å². The molecule has 28 heavy (non-hydrogen) atoms. The highest BCUT2D eigenvalue weighted by atomic mass is 19.4. The van der Waals surface area contributed by atoms with Gasteiger partial charge in [0, 0.05) is 18.7 Å². The fourth-order valence-corrected chi connectivity index (χ4v) is 3.75. The van der Waals surface area contributed by atoms with E-state index in [9.17, 15) is 22.8 Å². The fraction of sp³-hybridized carbons (Fsp3) is 0.600. The zero-order valence-corrected chi connectivity index (χ0v) is 15.6. The summed E-state index contributed by atoms with van der Waals surface area (Å²) in [5, 5.41) is 2.71. The van der Waals surface area contributed by atoms with E-state index in [1.165, 1.54) is 19.3 Å². The molecule has 1 aromatic carbocycles. The van der Waals surface area contributed by atoms with Gasteiger partial charge >= 0.3 is 6.18 Å². The third kappa shape index (κ3) is 5.95. The monoisotopic (exact) mass is 398 g/mol. The molecule has 1 saturated heterocycles. The lowest BCUT2D eigenvalue weighted by molar-refractivity contribution is -0.157. The van der Waals surface area contributed by atoms with Gasteiger partial charge in [-0.1, -0.05) is 31.4 Å². The maximum absolute atomic E-state index is 12.5.